The van der Waals surface area contributed by atoms with Crippen LogP contribution in [-0.2, 0) is 0 Å². The monoisotopic (exact) mass is 164 g/mol. The van der Waals surface area contributed by atoms with Crippen LogP contribution in [0.5, 0.6) is 0 Å². The molecule has 0 nitrogen and oxygen atoms in total. The van der Waals surface area contributed by atoms with E-state index in [1.54, 1.807) is 0 Å². The van der Waals surface area contributed by atoms with Gasteiger partial charge in [-0.1, -0.05) is 32.1 Å². The minimum Gasteiger partial charge on any atom is -1.00 e. The second-order valence-corrected chi connectivity index (χ2v) is 1.77. The van der Waals surface area contributed by atoms with Crippen molar-refractivity contribution in [3.8, 4) is 0 Å². The molecule has 8 heavy (non-hydrogen) atoms. The summed E-state index contributed by atoms with van der Waals surface area (Å²) in [6.07, 6.45) is 7.50. The summed E-state index contributed by atoms with van der Waals surface area (Å²) in [6, 6.07) is 0. The van der Waals surface area contributed by atoms with E-state index in [-0.39, 0.29) is 47.9 Å². The largest absolute Gasteiger partial charge is 2.00 e. The van der Waals surface area contributed by atoms with Gasteiger partial charge in [-0.25, -0.2) is 0 Å². The van der Waals surface area contributed by atoms with Gasteiger partial charge >= 0.3 is 23.1 Å². The fraction of sp³-hybridized carbons (Fsp3) is 1.00. The number of hydrogen-bond acceptors (Lipinski definition) is 0. The maximum atomic E-state index is 1.50. The molecule has 0 aliphatic heterocycles. The molecule has 0 atom stereocenters. The van der Waals surface area contributed by atoms with Crippen molar-refractivity contribution < 1.29 is 24.8 Å². The summed E-state index contributed by atoms with van der Waals surface area (Å²) < 4.78 is 0. The molecule has 1 fully saturated rings. The molecule has 0 heterocycles. The molecule has 1 rings (SSSR count). The van der Waals surface area contributed by atoms with Gasteiger partial charge in [0.25, 0.3) is 0 Å². The molecule has 0 amide bonds. The van der Waals surface area contributed by atoms with Gasteiger partial charge in [0.05, 0.1) is 0 Å². The zero-order valence-corrected chi connectivity index (χ0v) is 7.92. The van der Waals surface area contributed by atoms with E-state index in [1.807, 2.05) is 0 Å². The molecule has 0 radical (unpaired) electrons. The maximum Gasteiger partial charge on any atom is 2.00 e. The molecule has 0 saturated heterocycles. The van der Waals surface area contributed by atoms with Crippen LogP contribution in [0.2, 0.25) is 0 Å². The zero-order valence-electron chi connectivity index (χ0n) is 5.00. The third-order valence-electron chi connectivity index (χ3n) is 1.25. The van der Waals surface area contributed by atoms with E-state index in [2.05, 4.69) is 0 Å². The Morgan fingerprint density at radius 3 is 0.750 bits per heavy atom. The molecular weight excluding hydrogens is 155 g/mol. The first-order valence-corrected chi connectivity index (χ1v) is 2.50. The summed E-state index contributed by atoms with van der Waals surface area (Å²) in [4.78, 5) is 0. The normalized spacial score (nSPS) is 15.0. The van der Waals surface area contributed by atoms with Crippen molar-refractivity contribution >= 4 is 23.1 Å². The fourth-order valence-electron chi connectivity index (χ4n) is 0.884. The van der Waals surface area contributed by atoms with Gasteiger partial charge in [-0.3, -0.25) is 0 Å². The molecule has 0 aromatic heterocycles. The summed E-state index contributed by atoms with van der Waals surface area (Å²) in [5.74, 6) is 0. The van der Waals surface area contributed by atoms with Gasteiger partial charge in [-0.15, -0.1) is 0 Å². The number of rotatable bonds is 0. The molecule has 0 bridgehead atoms. The first kappa shape index (κ1) is 16.2. The van der Waals surface area contributed by atoms with Crippen LogP contribution in [0.4, 0.5) is 0 Å². The van der Waals surface area contributed by atoms with Crippen molar-refractivity contribution in [3.63, 3.8) is 0 Å². The third-order valence-corrected chi connectivity index (χ3v) is 1.25. The molecule has 0 aromatic rings. The summed E-state index contributed by atoms with van der Waals surface area (Å²) in [7, 11) is 0. The van der Waals surface area contributed by atoms with Crippen LogP contribution in [0.25, 0.3) is 0 Å². The molecule has 0 spiro atoms. The Bertz CT molecular complexity index is 22.0. The van der Waals surface area contributed by atoms with Gasteiger partial charge in [-0.05, 0) is 0 Å². The van der Waals surface area contributed by atoms with Gasteiger partial charge in [0.1, 0.15) is 0 Å². The quantitative estimate of drug-likeness (QED) is 0.318. The zero-order chi connectivity index (χ0) is 3.54. The Morgan fingerprint density at radius 2 is 0.625 bits per heavy atom. The molecule has 0 N–H and O–H groups in total. The van der Waals surface area contributed by atoms with Gasteiger partial charge in [0.2, 0.25) is 0 Å². The minimum atomic E-state index is 0. The third kappa shape index (κ3) is 7.35. The van der Waals surface area contributed by atoms with E-state index in [4.69, 9.17) is 0 Å². The smallest absolute Gasteiger partial charge is 1.00 e. The molecule has 0 unspecified atom stereocenters. The second kappa shape index (κ2) is 11.2. The molecule has 3 heteroatoms. The van der Waals surface area contributed by atoms with Crippen LogP contribution in [0.3, 0.4) is 0 Å². The molecule has 1 aliphatic carbocycles. The number of hydrogen-bond donors (Lipinski definition) is 0. The van der Waals surface area contributed by atoms with Crippen LogP contribution < -0.4 is 24.8 Å². The topological polar surface area (TPSA) is 0 Å². The summed E-state index contributed by atoms with van der Waals surface area (Å²) >= 11 is 0. The standard InChI is InChI=1S/C5H10.2ClH.Mg/c1-2-4-5-3-1;;;/h1-5H2;2*1H;/q;;;+2/p-2. The molecule has 0 aromatic carbocycles. The van der Waals surface area contributed by atoms with E-state index < -0.39 is 0 Å². The molecule has 1 aliphatic rings. The predicted molar refractivity (Wildman–Crippen MR) is 28.8 cm³/mol. The van der Waals surface area contributed by atoms with E-state index in [9.17, 15) is 0 Å². The Morgan fingerprint density at radius 1 is 0.500 bits per heavy atom. The summed E-state index contributed by atoms with van der Waals surface area (Å²) in [6.45, 7) is 0. The Hall–Kier alpha value is 1.35. The SMILES string of the molecule is C1CCCC1.[Cl-].[Cl-].[Mg+2]. The van der Waals surface area contributed by atoms with E-state index in [0.717, 1.165) is 0 Å². The van der Waals surface area contributed by atoms with E-state index >= 15 is 0 Å². The fourth-order valence-corrected chi connectivity index (χ4v) is 0.884. The van der Waals surface area contributed by atoms with Gasteiger partial charge in [0, 0.05) is 0 Å². The molecule has 46 valence electrons. The van der Waals surface area contributed by atoms with Crippen LogP contribution in [0.1, 0.15) is 32.1 Å². The van der Waals surface area contributed by atoms with Crippen molar-refractivity contribution in [3.05, 3.63) is 0 Å². The first-order chi connectivity index (χ1) is 2.50. The number of halogens is 2. The predicted octanol–water partition coefficient (Wildman–Crippen LogP) is -4.42. The van der Waals surface area contributed by atoms with Gasteiger partial charge < -0.3 is 24.8 Å². The van der Waals surface area contributed by atoms with Crippen molar-refractivity contribution in [2.24, 2.45) is 0 Å². The van der Waals surface area contributed by atoms with E-state index in [0.29, 0.717) is 0 Å². The molecular formula is C5H10Cl2Mg. The molecule has 1 saturated carbocycles. The van der Waals surface area contributed by atoms with Gasteiger partial charge in [0.15, 0.2) is 0 Å². The Kier molecular flexibility index (Phi) is 22.6. The van der Waals surface area contributed by atoms with Crippen molar-refractivity contribution in [2.75, 3.05) is 0 Å². The van der Waals surface area contributed by atoms with Gasteiger partial charge in [-0.2, -0.15) is 0 Å². The first-order valence-electron chi connectivity index (χ1n) is 2.50. The van der Waals surface area contributed by atoms with Crippen molar-refractivity contribution in [1.29, 1.82) is 0 Å². The minimum absolute atomic E-state index is 0. The Balaban J connectivity index is -0.0000000833. The van der Waals surface area contributed by atoms with Crippen LogP contribution in [-0.4, -0.2) is 23.1 Å². The van der Waals surface area contributed by atoms with Crippen LogP contribution in [0, 0.1) is 0 Å². The van der Waals surface area contributed by atoms with Crippen molar-refractivity contribution in [2.45, 2.75) is 32.1 Å². The Labute approximate surface area is 79.8 Å². The average molecular weight is 165 g/mol. The van der Waals surface area contributed by atoms with Crippen LogP contribution in [0.15, 0.2) is 0 Å². The maximum absolute atomic E-state index is 1.50. The average Bonchev–Trinajstić information content (AvgIpc) is 1.76. The van der Waals surface area contributed by atoms with E-state index in [1.165, 1.54) is 32.1 Å². The second-order valence-electron chi connectivity index (χ2n) is 1.77. The van der Waals surface area contributed by atoms with Crippen LogP contribution >= 0.6 is 0 Å². The summed E-state index contributed by atoms with van der Waals surface area (Å²) in [5, 5.41) is 0. The summed E-state index contributed by atoms with van der Waals surface area (Å²) in [5.41, 5.74) is 0. The van der Waals surface area contributed by atoms with Crippen molar-refractivity contribution in [1.82, 2.24) is 0 Å².